The van der Waals surface area contributed by atoms with E-state index in [-0.39, 0.29) is 5.56 Å². The molecule has 5 heteroatoms. The summed E-state index contributed by atoms with van der Waals surface area (Å²) < 4.78 is 1.73. The van der Waals surface area contributed by atoms with E-state index in [4.69, 9.17) is 5.11 Å². The predicted molar refractivity (Wildman–Crippen MR) is 60.1 cm³/mol. The first-order valence-electron chi connectivity index (χ1n) is 4.98. The van der Waals surface area contributed by atoms with E-state index in [1.165, 1.54) is 12.4 Å². The van der Waals surface area contributed by atoms with Crippen molar-refractivity contribution in [2.24, 2.45) is 0 Å². The number of carbonyl (C=O) groups is 2. The number of carboxylic acid groups (broad SMARTS) is 1. The summed E-state index contributed by atoms with van der Waals surface area (Å²) in [6, 6.07) is 6.66. The summed E-state index contributed by atoms with van der Waals surface area (Å²) in [5.41, 5.74) is 1.46. The van der Waals surface area contributed by atoms with Crippen LogP contribution in [0, 0.1) is 0 Å². The molecule has 1 heterocycles. The van der Waals surface area contributed by atoms with Crippen LogP contribution >= 0.6 is 0 Å². The van der Waals surface area contributed by atoms with E-state index in [2.05, 4.69) is 4.98 Å². The molecule has 0 aliphatic heterocycles. The van der Waals surface area contributed by atoms with E-state index in [1.54, 1.807) is 22.9 Å². The van der Waals surface area contributed by atoms with Crippen LogP contribution in [0.5, 0.6) is 0 Å². The van der Waals surface area contributed by atoms with Crippen LogP contribution in [0.4, 0.5) is 0 Å². The Hall–Kier alpha value is -2.43. The van der Waals surface area contributed by atoms with Crippen LogP contribution in [0.3, 0.4) is 0 Å². The van der Waals surface area contributed by atoms with Gasteiger partial charge < -0.3 is 9.67 Å². The summed E-state index contributed by atoms with van der Waals surface area (Å²) in [4.78, 5) is 25.1. The zero-order valence-electron chi connectivity index (χ0n) is 8.91. The maximum atomic E-state index is 10.8. The zero-order valence-corrected chi connectivity index (χ0v) is 8.91. The van der Waals surface area contributed by atoms with Crippen molar-refractivity contribution in [3.05, 3.63) is 53.6 Å². The van der Waals surface area contributed by atoms with E-state index >= 15 is 0 Å². The van der Waals surface area contributed by atoms with E-state index < -0.39 is 5.97 Å². The smallest absolute Gasteiger partial charge is 0.335 e. The van der Waals surface area contributed by atoms with Crippen LogP contribution in [0.2, 0.25) is 0 Å². The third kappa shape index (κ3) is 2.57. The molecule has 17 heavy (non-hydrogen) atoms. The monoisotopic (exact) mass is 230 g/mol. The largest absolute Gasteiger partial charge is 0.478 e. The summed E-state index contributed by atoms with van der Waals surface area (Å²) in [6.07, 6.45) is 3.82. The van der Waals surface area contributed by atoms with Gasteiger partial charge in [0.1, 0.15) is 5.69 Å². The number of carboxylic acids is 1. The molecular formula is C12H10N2O3. The molecule has 0 saturated carbocycles. The Bertz CT molecular complexity index is 560. The van der Waals surface area contributed by atoms with E-state index in [1.807, 2.05) is 6.07 Å². The van der Waals surface area contributed by atoms with Gasteiger partial charge in [0.15, 0.2) is 6.29 Å². The Morgan fingerprint density at radius 3 is 2.94 bits per heavy atom. The summed E-state index contributed by atoms with van der Waals surface area (Å²) >= 11 is 0. The second-order valence-corrected chi connectivity index (χ2v) is 3.59. The molecule has 0 amide bonds. The fraction of sp³-hybridized carbons (Fsp3) is 0.0833. The number of aldehydes is 1. The standard InChI is InChI=1S/C12H10N2O3/c15-7-11-6-14(8-13-11)5-9-2-1-3-10(4-9)12(16)17/h1-4,6-8H,5H2,(H,16,17). The highest BCUT2D eigenvalue weighted by atomic mass is 16.4. The number of aromatic nitrogens is 2. The predicted octanol–water partition coefficient (Wildman–Crippen LogP) is 1.44. The Kier molecular flexibility index (Phi) is 3.00. The van der Waals surface area contributed by atoms with Gasteiger partial charge in [-0.05, 0) is 17.7 Å². The maximum absolute atomic E-state index is 10.8. The highest BCUT2D eigenvalue weighted by Crippen LogP contribution is 2.07. The molecule has 0 bridgehead atoms. The lowest BCUT2D eigenvalue weighted by Gasteiger charge is -2.03. The molecule has 0 unspecified atom stereocenters. The minimum Gasteiger partial charge on any atom is -0.478 e. The lowest BCUT2D eigenvalue weighted by Crippen LogP contribution is -2.00. The van der Waals surface area contributed by atoms with Crippen molar-refractivity contribution >= 4 is 12.3 Å². The summed E-state index contributed by atoms with van der Waals surface area (Å²) in [6.45, 7) is 0.488. The molecule has 0 radical (unpaired) electrons. The van der Waals surface area contributed by atoms with Crippen molar-refractivity contribution in [1.29, 1.82) is 0 Å². The third-order valence-electron chi connectivity index (χ3n) is 2.31. The average molecular weight is 230 g/mol. The van der Waals surface area contributed by atoms with Crippen molar-refractivity contribution in [3.8, 4) is 0 Å². The van der Waals surface area contributed by atoms with Gasteiger partial charge in [0, 0.05) is 12.7 Å². The van der Waals surface area contributed by atoms with Gasteiger partial charge in [-0.1, -0.05) is 12.1 Å². The topological polar surface area (TPSA) is 72.2 Å². The van der Waals surface area contributed by atoms with Crippen LogP contribution in [0.25, 0.3) is 0 Å². The number of imidazole rings is 1. The molecule has 2 rings (SSSR count). The molecule has 2 aromatic rings. The van der Waals surface area contributed by atoms with E-state index in [9.17, 15) is 9.59 Å². The number of rotatable bonds is 4. The quantitative estimate of drug-likeness (QED) is 0.807. The van der Waals surface area contributed by atoms with Gasteiger partial charge in [-0.2, -0.15) is 0 Å². The van der Waals surface area contributed by atoms with Crippen molar-refractivity contribution in [1.82, 2.24) is 9.55 Å². The van der Waals surface area contributed by atoms with Gasteiger partial charge in [-0.15, -0.1) is 0 Å². The fourth-order valence-electron chi connectivity index (χ4n) is 1.54. The second kappa shape index (κ2) is 4.61. The normalized spacial score (nSPS) is 10.1. The minimum absolute atomic E-state index is 0.248. The highest BCUT2D eigenvalue weighted by molar-refractivity contribution is 5.87. The summed E-state index contributed by atoms with van der Waals surface area (Å²) in [5, 5.41) is 8.85. The number of aromatic carboxylic acids is 1. The number of nitrogens with zero attached hydrogens (tertiary/aromatic N) is 2. The van der Waals surface area contributed by atoms with E-state index in [0.29, 0.717) is 18.5 Å². The third-order valence-corrected chi connectivity index (χ3v) is 2.31. The van der Waals surface area contributed by atoms with Gasteiger partial charge in [0.05, 0.1) is 11.9 Å². The molecule has 1 aromatic carbocycles. The van der Waals surface area contributed by atoms with Crippen molar-refractivity contribution in [2.75, 3.05) is 0 Å². The van der Waals surface area contributed by atoms with Crippen LogP contribution in [-0.2, 0) is 6.54 Å². The van der Waals surface area contributed by atoms with Crippen LogP contribution in [0.1, 0.15) is 26.4 Å². The number of carbonyl (C=O) groups excluding carboxylic acids is 1. The second-order valence-electron chi connectivity index (χ2n) is 3.59. The Labute approximate surface area is 97.3 Å². The Morgan fingerprint density at radius 1 is 1.47 bits per heavy atom. The summed E-state index contributed by atoms with van der Waals surface area (Å²) in [7, 11) is 0. The molecular weight excluding hydrogens is 220 g/mol. The first-order valence-corrected chi connectivity index (χ1v) is 4.98. The molecule has 0 spiro atoms. The molecule has 0 aliphatic rings. The van der Waals surface area contributed by atoms with Crippen LogP contribution in [-0.4, -0.2) is 26.9 Å². The fourth-order valence-corrected chi connectivity index (χ4v) is 1.54. The molecule has 0 aliphatic carbocycles. The van der Waals surface area contributed by atoms with Gasteiger partial charge in [0.25, 0.3) is 0 Å². The van der Waals surface area contributed by atoms with Gasteiger partial charge in [0.2, 0.25) is 0 Å². The van der Waals surface area contributed by atoms with Crippen LogP contribution < -0.4 is 0 Å². The Balaban J connectivity index is 2.20. The minimum atomic E-state index is -0.953. The SMILES string of the molecule is O=Cc1cn(Cc2cccc(C(=O)O)c2)cn1. The molecule has 5 nitrogen and oxygen atoms in total. The lowest BCUT2D eigenvalue weighted by atomic mass is 10.1. The lowest BCUT2D eigenvalue weighted by molar-refractivity contribution is 0.0696. The molecule has 1 N–H and O–H groups in total. The molecule has 86 valence electrons. The number of hydrogen-bond donors (Lipinski definition) is 1. The summed E-state index contributed by atoms with van der Waals surface area (Å²) in [5.74, 6) is -0.953. The molecule has 1 aromatic heterocycles. The molecule has 0 atom stereocenters. The van der Waals surface area contributed by atoms with E-state index in [0.717, 1.165) is 5.56 Å². The zero-order chi connectivity index (χ0) is 12.3. The highest BCUT2D eigenvalue weighted by Gasteiger charge is 2.04. The van der Waals surface area contributed by atoms with Gasteiger partial charge in [-0.25, -0.2) is 9.78 Å². The molecule has 0 fully saturated rings. The van der Waals surface area contributed by atoms with Crippen molar-refractivity contribution in [3.63, 3.8) is 0 Å². The van der Waals surface area contributed by atoms with Crippen molar-refractivity contribution < 1.29 is 14.7 Å². The van der Waals surface area contributed by atoms with Crippen LogP contribution in [0.15, 0.2) is 36.8 Å². The number of hydrogen-bond acceptors (Lipinski definition) is 3. The molecule has 0 saturated heterocycles. The Morgan fingerprint density at radius 2 is 2.29 bits per heavy atom. The first kappa shape index (κ1) is 11.1. The first-order chi connectivity index (χ1) is 8.19. The van der Waals surface area contributed by atoms with Gasteiger partial charge in [-0.3, -0.25) is 4.79 Å². The number of benzene rings is 1. The van der Waals surface area contributed by atoms with Crippen molar-refractivity contribution in [2.45, 2.75) is 6.54 Å². The maximum Gasteiger partial charge on any atom is 0.335 e. The van der Waals surface area contributed by atoms with Gasteiger partial charge >= 0.3 is 5.97 Å². The average Bonchev–Trinajstić information content (AvgIpc) is 2.77.